The third-order valence-corrected chi connectivity index (χ3v) is 45.6. The zero-order chi connectivity index (χ0) is 92.0. The summed E-state index contributed by atoms with van der Waals surface area (Å²) in [5.74, 6) is 32.7. The average Bonchev–Trinajstić information content (AvgIpc) is 0.904. The first-order chi connectivity index (χ1) is 64.4. The highest BCUT2D eigenvalue weighted by Crippen LogP contribution is 3.02. The van der Waals surface area contributed by atoms with Gasteiger partial charge in [-0.15, -0.1) is 9.05 Å². The Labute approximate surface area is 783 Å². The van der Waals surface area contributed by atoms with Gasteiger partial charge in [0.15, 0.2) is 18.4 Å². The maximum absolute atomic E-state index is 14.1. The molecule has 23 rings (SSSR count). The number of aliphatic hydroxyl groups excluding tert-OH is 9. The molecular weight excluding hydrogens is 1750 g/mol. The van der Waals surface area contributed by atoms with Gasteiger partial charge in [0.25, 0.3) is 0 Å². The Morgan fingerprint density at radius 1 is 0.414 bits per heavy atom. The minimum absolute atomic E-state index is 0.0326. The van der Waals surface area contributed by atoms with Crippen LogP contribution in [0.4, 0.5) is 0 Å². The van der Waals surface area contributed by atoms with E-state index in [0.29, 0.717) is 146 Å². The first kappa shape index (κ1) is 93.3. The van der Waals surface area contributed by atoms with Crippen molar-refractivity contribution >= 4 is 51.2 Å². The monoisotopic (exact) mass is 1900 g/mol. The van der Waals surface area contributed by atoms with Gasteiger partial charge in [0.1, 0.15) is 37.6 Å². The van der Waals surface area contributed by atoms with E-state index in [4.69, 9.17) is 37.0 Å². The topological polar surface area (TPSA) is 435 Å². The number of amides is 5. The largest absolute Gasteiger partial charge is 0.697 e. The highest BCUT2D eigenvalue weighted by atomic mass is 31.2. The lowest BCUT2D eigenvalue weighted by Crippen LogP contribution is -2.98. The summed E-state index contributed by atoms with van der Waals surface area (Å²) >= 11 is 0. The number of rotatable bonds is 48. The van der Waals surface area contributed by atoms with Crippen LogP contribution in [0.2, 0.25) is 0 Å². The molecule has 0 spiro atoms. The lowest BCUT2D eigenvalue weighted by molar-refractivity contribution is -0.545. The predicted octanol–water partition coefficient (Wildman–Crippen LogP) is 6.52. The first-order valence-electron chi connectivity index (χ1n) is 53.2. The lowest BCUT2D eigenvalue weighted by Gasteiger charge is -3.01. The SMILES string of the molecule is CC(=O)NCCCCCC(=O)N1CC(OP(C)(=O)OC[C@@H]2[C@H](CO)[C@H]3[C@@H]2[C@@H]2[C@H]3[C@H]3[C@@H]2[C@@H]2[C@H]3[C@H]3[C@@H]2[C@@H]2[C@H]3[C@H]3[C@@H]2[C@@H]2[C@H]3[C@H]3[C@@H]2[C@H]2[C@H]4[C@H]5[C@H]6[C@H]7[C@H]8[C@H]9[C@H]%10[C@H]%11[C@@H](CO[P+](=O)OC[C@@H]%12C[C@@H](C)CN%12C(=O)CCCCCCC(=O)[C@H](CCCCNC(=O)CCCCOC%12OC(CO)C(O)C(O)C%12C)NC(=O)CCCCOC%12OC(CO)C(O)C(O)C%12C)[C@@H](CO)[C@H]%11[C@H]%10[C@H]9[C@H]8[C@H]7[C@H]6[C@H]5[C@H]4[C@@H]32)C[C@H]1CO. The predicted molar refractivity (Wildman–Crippen MR) is 476 cm³/mol. The van der Waals surface area contributed by atoms with Gasteiger partial charge >= 0.3 is 15.9 Å². The maximum atomic E-state index is 14.1. The third kappa shape index (κ3) is 14.2. The second-order valence-corrected chi connectivity index (χ2v) is 51.0. The Balaban J connectivity index is 0.335. The van der Waals surface area contributed by atoms with Crippen LogP contribution in [0.25, 0.3) is 0 Å². The van der Waals surface area contributed by atoms with E-state index in [9.17, 15) is 83.9 Å². The zero-order valence-electron chi connectivity index (χ0n) is 78.3. The number of hydrogen-bond acceptors (Lipinski definition) is 25. The highest BCUT2D eigenvalue weighted by molar-refractivity contribution is 7.53. The van der Waals surface area contributed by atoms with Crippen LogP contribution < -0.4 is 16.0 Å². The number of fused-ring (bicyclic) bond motifs is 52. The Kier molecular flexibility index (Phi) is 25.4. The molecule has 0 aromatic rings. The molecule has 23 aliphatic rings. The van der Waals surface area contributed by atoms with Crippen molar-refractivity contribution in [2.24, 2.45) is 254 Å². The fourth-order valence-corrected chi connectivity index (χ4v) is 40.7. The molecule has 4 saturated heterocycles. The van der Waals surface area contributed by atoms with Gasteiger partial charge in [0, 0.05) is 115 Å². The van der Waals surface area contributed by atoms with Gasteiger partial charge in [0.05, 0.1) is 62.9 Å². The van der Waals surface area contributed by atoms with Crippen LogP contribution in [-0.2, 0) is 74.9 Å². The number of aliphatic hydroxyl groups is 9. The van der Waals surface area contributed by atoms with Crippen LogP contribution in [0.3, 0.4) is 0 Å². The fraction of sp³-hybridized carbons (Fsp3) is 0.941. The van der Waals surface area contributed by atoms with Crippen LogP contribution in [0.5, 0.6) is 0 Å². The first-order valence-corrected chi connectivity index (χ1v) is 56.3. The summed E-state index contributed by atoms with van der Waals surface area (Å²) in [5, 5.41) is 101. The van der Waals surface area contributed by atoms with Crippen molar-refractivity contribution < 1.29 is 121 Å². The number of unbranched alkanes of at least 4 members (excludes halogenated alkanes) is 8. The zero-order valence-corrected chi connectivity index (χ0v) is 80.1. The molecule has 19 saturated carbocycles. The van der Waals surface area contributed by atoms with E-state index < -0.39 is 102 Å². The van der Waals surface area contributed by atoms with Gasteiger partial charge in [-0.05, 0) is 326 Å². The number of Topliss-reactive ketones (excluding diaryl/α,β-unsaturated/α-hetero) is 1. The highest BCUT2D eigenvalue weighted by Gasteiger charge is 2.99. The second kappa shape index (κ2) is 36.2. The molecule has 4 heterocycles. The molecule has 13 unspecified atom stereocenters. The molecule has 4 aliphatic heterocycles. The minimum Gasteiger partial charge on any atom is -0.396 e. The normalized spacial score (nSPS) is 51.6. The molecule has 0 bridgehead atoms. The van der Waals surface area contributed by atoms with Crippen molar-refractivity contribution in [2.75, 3.05) is 98.9 Å². The number of carbonyl (C=O) groups excluding carboxylic acids is 6. The third-order valence-electron chi connectivity index (χ3n) is 43.6. The van der Waals surface area contributed by atoms with Crippen LogP contribution in [0, 0.1) is 254 Å². The Morgan fingerprint density at radius 2 is 0.797 bits per heavy atom. The number of ketones is 1. The summed E-state index contributed by atoms with van der Waals surface area (Å²) in [5.41, 5.74) is 0. The number of nitrogens with one attached hydrogen (secondary N) is 3. The van der Waals surface area contributed by atoms with Gasteiger partial charge in [-0.25, -0.2) is 0 Å². The maximum Gasteiger partial charge on any atom is 0.697 e. The lowest BCUT2D eigenvalue weighted by atomic mass is 9.03. The molecule has 0 aromatic heterocycles. The van der Waals surface area contributed by atoms with E-state index in [0.717, 1.165) is 215 Å². The van der Waals surface area contributed by atoms with Crippen molar-refractivity contribution in [2.45, 2.75) is 236 Å². The number of ether oxygens (including phenoxy) is 4. The smallest absolute Gasteiger partial charge is 0.396 e. The Morgan fingerprint density at radius 3 is 1.23 bits per heavy atom. The summed E-state index contributed by atoms with van der Waals surface area (Å²) in [4.78, 5) is 82.1. The van der Waals surface area contributed by atoms with E-state index in [1.807, 2.05) is 4.90 Å². The van der Waals surface area contributed by atoms with Crippen molar-refractivity contribution in [3.63, 3.8) is 0 Å². The standard InChI is InChI=1S/C101H151N5O25P2/c1-41-29-46(105(31-41)58(116)23-10-7-6-9-20-53(113)52(104-57(115)22-14-18-28-125-101-43(3)97(119)99(121)55(37-111)130-101)19-12-16-26-103-56(114)21-13-17-27-124-100-42(2)96(118)98(120)54(36-110)129-100)38-126-132(122)127-39-50-48(34-108)60-62(50)66-64(60)68-70(66)74-72(68)76-78(74)82-80(76)84-86(82)90-88(84)92-93-89-85-81-77-73-69-65-61-49(35-109)51(63(61)67(65)71(69)75(73)79(77)83(81)87(85)91(89)95(93)94(90)92)40-128-133(5,123)131-47-30-45(33-107)106(32-47)59(117)24-11-8-15-25-102-44(4)112/h41-43,45-52,54-55,60-101,107-111,118-121H,6-40H2,1-5H3,(H2-,102,103,104,112,114,115)/p+1/t41-,42?,43?,45+,46+,47?,48-,49+,50+,51-,52+,54?,55?,60-,61+,62+,63-,64-,65+,66+,67-,68-,69+,70+,71-,72-,73+,74+,75-,76-,77+,78+,79-,80-,81+,82+,83-,84-,85+,86+,87-,88-,89+,90+,91-,92+,93-,94+,95-,96?,97?,98?,99?,100?,101?,133?/m1/s1. The van der Waals surface area contributed by atoms with Crippen LogP contribution in [0.1, 0.15) is 163 Å². The molecule has 32 heteroatoms. The number of likely N-dealkylation sites (tertiary alicyclic amines) is 2. The molecule has 0 radical (unpaired) electrons. The minimum atomic E-state index is -3.49. The van der Waals surface area contributed by atoms with E-state index in [1.165, 1.54) is 6.92 Å². The van der Waals surface area contributed by atoms with Gasteiger partial charge in [-0.1, -0.05) is 40.0 Å². The van der Waals surface area contributed by atoms with Gasteiger partial charge in [-0.3, -0.25) is 33.3 Å². The van der Waals surface area contributed by atoms with Crippen molar-refractivity contribution in [3.05, 3.63) is 0 Å². The number of nitrogens with zero attached hydrogens (tertiary/aromatic N) is 2. The molecule has 19 aliphatic carbocycles. The Hall–Kier alpha value is -3.33. The molecular formula is C101H152N5O25P2+. The van der Waals surface area contributed by atoms with Crippen LogP contribution in [-0.4, -0.2) is 263 Å². The average molecular weight is 1900 g/mol. The fourth-order valence-electron chi connectivity index (χ4n) is 38.8. The second-order valence-electron chi connectivity index (χ2n) is 48.0. The number of carbonyl (C=O) groups is 6. The summed E-state index contributed by atoms with van der Waals surface area (Å²) in [6.45, 7) is 10.9. The van der Waals surface area contributed by atoms with Gasteiger partial charge < -0.3 is 99.7 Å². The molecule has 23 fully saturated rings. The quantitative estimate of drug-likeness (QED) is 0.0175. The summed E-state index contributed by atoms with van der Waals surface area (Å²) in [6.07, 6.45) is 2.25. The number of hydrogen-bond donors (Lipinski definition) is 12. The van der Waals surface area contributed by atoms with Crippen molar-refractivity contribution in [3.8, 4) is 0 Å². The molecule has 133 heavy (non-hydrogen) atoms. The van der Waals surface area contributed by atoms with Crippen molar-refractivity contribution in [1.29, 1.82) is 0 Å². The van der Waals surface area contributed by atoms with Crippen LogP contribution >= 0.6 is 15.9 Å². The van der Waals surface area contributed by atoms with Crippen molar-refractivity contribution in [1.82, 2.24) is 25.8 Å². The molecule has 740 valence electrons. The molecule has 30 nitrogen and oxygen atoms in total. The van der Waals surface area contributed by atoms with Crippen LogP contribution in [0.15, 0.2) is 0 Å². The summed E-state index contributed by atoms with van der Waals surface area (Å²) in [7, 11) is -5.91. The van der Waals surface area contributed by atoms with Gasteiger partial charge in [0.2, 0.25) is 29.5 Å². The molecule has 12 N–H and O–H groups in total. The molecule has 57 atom stereocenters. The van der Waals surface area contributed by atoms with E-state index in [1.54, 1.807) is 25.4 Å². The molecule has 0 aromatic carbocycles. The molecule has 5 amide bonds. The summed E-state index contributed by atoms with van der Waals surface area (Å²) in [6, 6.07) is -1.33. The van der Waals surface area contributed by atoms with E-state index in [2.05, 4.69) is 22.9 Å². The summed E-state index contributed by atoms with van der Waals surface area (Å²) < 4.78 is 75.3. The van der Waals surface area contributed by atoms with E-state index in [-0.39, 0.29) is 142 Å². The van der Waals surface area contributed by atoms with E-state index >= 15 is 0 Å². The Bertz CT molecular complexity index is 4440. The van der Waals surface area contributed by atoms with Gasteiger partial charge in [-0.2, -0.15) is 0 Å².